The Bertz CT molecular complexity index is 673. The number of carbonyl (C=O) groups excluding carboxylic acids is 1. The lowest BCUT2D eigenvalue weighted by atomic mass is 9.85. The number of carbonyl (C=O) groups is 1. The highest BCUT2D eigenvalue weighted by Gasteiger charge is 2.42. The van der Waals surface area contributed by atoms with Crippen LogP contribution >= 0.6 is 24.0 Å². The minimum absolute atomic E-state index is 0. The maximum atomic E-state index is 12.7. The molecule has 0 aromatic heterocycles. The van der Waals surface area contributed by atoms with E-state index in [-0.39, 0.29) is 35.3 Å². The number of methoxy groups -OCH3 is 2. The lowest BCUT2D eigenvalue weighted by Gasteiger charge is -2.29. The Kier molecular flexibility index (Phi) is 9.84. The molecule has 1 aromatic carbocycles. The summed E-state index contributed by atoms with van der Waals surface area (Å²) in [4.78, 5) is 19.2. The summed E-state index contributed by atoms with van der Waals surface area (Å²) < 4.78 is 10.6. The maximum Gasteiger partial charge on any atom is 0.230 e. The van der Waals surface area contributed by atoms with Crippen molar-refractivity contribution in [2.24, 2.45) is 10.4 Å². The molecule has 1 fully saturated rings. The summed E-state index contributed by atoms with van der Waals surface area (Å²) in [6.07, 6.45) is 3.94. The first-order valence-corrected chi connectivity index (χ1v) is 9.45. The highest BCUT2D eigenvalue weighted by molar-refractivity contribution is 14.0. The molecular formula is C20H33IN4O3. The van der Waals surface area contributed by atoms with Gasteiger partial charge in [-0.05, 0) is 31.9 Å². The predicted molar refractivity (Wildman–Crippen MR) is 124 cm³/mol. The van der Waals surface area contributed by atoms with Gasteiger partial charge in [0.2, 0.25) is 5.91 Å². The van der Waals surface area contributed by atoms with Gasteiger partial charge < -0.3 is 25.0 Å². The highest BCUT2D eigenvalue weighted by atomic mass is 127. The summed E-state index contributed by atoms with van der Waals surface area (Å²) in [5.41, 5.74) is 0.454. The molecule has 0 spiro atoms. The first kappa shape index (κ1) is 24.3. The van der Waals surface area contributed by atoms with Crippen LogP contribution in [0.4, 0.5) is 5.69 Å². The third-order valence-corrected chi connectivity index (χ3v) is 4.95. The SMILES string of the molecule is CCNC(=NCC1(C(=O)N(C)C)CCCC1)Nc1ccc(OC)c(OC)c1.I. The van der Waals surface area contributed by atoms with Gasteiger partial charge >= 0.3 is 0 Å². The molecule has 2 rings (SSSR count). The molecule has 1 aliphatic carbocycles. The Hall–Kier alpha value is -1.71. The number of guanidine groups is 1. The quantitative estimate of drug-likeness (QED) is 0.339. The number of benzene rings is 1. The van der Waals surface area contributed by atoms with Gasteiger partial charge in [-0.3, -0.25) is 9.79 Å². The van der Waals surface area contributed by atoms with Gasteiger partial charge in [-0.1, -0.05) is 12.8 Å². The smallest absolute Gasteiger partial charge is 0.230 e. The van der Waals surface area contributed by atoms with Crippen LogP contribution in [0.1, 0.15) is 32.6 Å². The minimum atomic E-state index is -0.385. The van der Waals surface area contributed by atoms with Crippen LogP contribution in [-0.2, 0) is 4.79 Å². The van der Waals surface area contributed by atoms with Crippen LogP contribution < -0.4 is 20.1 Å². The van der Waals surface area contributed by atoms with E-state index in [4.69, 9.17) is 14.5 Å². The van der Waals surface area contributed by atoms with E-state index >= 15 is 0 Å². The van der Waals surface area contributed by atoms with Crippen molar-refractivity contribution in [3.63, 3.8) is 0 Å². The van der Waals surface area contributed by atoms with Crippen molar-refractivity contribution in [1.29, 1.82) is 0 Å². The molecule has 28 heavy (non-hydrogen) atoms. The molecule has 0 aliphatic heterocycles. The predicted octanol–water partition coefficient (Wildman–Crippen LogP) is 3.35. The summed E-state index contributed by atoms with van der Waals surface area (Å²) in [6.45, 7) is 3.22. The van der Waals surface area contributed by atoms with E-state index in [1.807, 2.05) is 39.2 Å². The van der Waals surface area contributed by atoms with E-state index < -0.39 is 0 Å². The zero-order valence-corrected chi connectivity index (χ0v) is 19.8. The average molecular weight is 504 g/mol. The molecule has 0 saturated heterocycles. The molecule has 8 heteroatoms. The van der Waals surface area contributed by atoms with Gasteiger partial charge in [0, 0.05) is 32.4 Å². The number of hydrogen-bond acceptors (Lipinski definition) is 4. The number of aliphatic imine (C=N–C) groups is 1. The van der Waals surface area contributed by atoms with Crippen LogP contribution in [0, 0.1) is 5.41 Å². The number of ether oxygens (including phenoxy) is 2. The first-order chi connectivity index (χ1) is 13.0. The number of nitrogens with one attached hydrogen (secondary N) is 2. The minimum Gasteiger partial charge on any atom is -0.493 e. The topological polar surface area (TPSA) is 75.2 Å². The third-order valence-electron chi connectivity index (χ3n) is 4.95. The van der Waals surface area contributed by atoms with E-state index in [1.165, 1.54) is 0 Å². The van der Waals surface area contributed by atoms with Crippen LogP contribution in [0.25, 0.3) is 0 Å². The van der Waals surface area contributed by atoms with Gasteiger partial charge in [0.1, 0.15) is 0 Å². The van der Waals surface area contributed by atoms with E-state index in [2.05, 4.69) is 10.6 Å². The van der Waals surface area contributed by atoms with Crippen molar-refractivity contribution in [1.82, 2.24) is 10.2 Å². The summed E-state index contributed by atoms with van der Waals surface area (Å²) in [6, 6.07) is 5.62. The Morgan fingerprint density at radius 2 is 1.82 bits per heavy atom. The van der Waals surface area contributed by atoms with Gasteiger partial charge in [-0.2, -0.15) is 0 Å². The van der Waals surface area contributed by atoms with Gasteiger partial charge in [0.05, 0.1) is 26.2 Å². The molecule has 0 heterocycles. The van der Waals surface area contributed by atoms with Crippen molar-refractivity contribution in [3.8, 4) is 11.5 Å². The summed E-state index contributed by atoms with van der Waals surface area (Å²) in [5, 5.41) is 6.54. The lowest BCUT2D eigenvalue weighted by Crippen LogP contribution is -2.41. The van der Waals surface area contributed by atoms with E-state index in [1.54, 1.807) is 19.1 Å². The fourth-order valence-corrected chi connectivity index (χ4v) is 3.55. The monoisotopic (exact) mass is 504 g/mol. The Morgan fingerprint density at radius 3 is 2.36 bits per heavy atom. The largest absolute Gasteiger partial charge is 0.493 e. The van der Waals surface area contributed by atoms with Crippen molar-refractivity contribution >= 4 is 41.5 Å². The maximum absolute atomic E-state index is 12.7. The standard InChI is InChI=1S/C20H32N4O3.HI/c1-6-21-19(23-15-9-10-16(26-4)17(13-15)27-5)22-14-20(11-7-8-12-20)18(25)24(2)3;/h9-10,13H,6-8,11-12,14H2,1-5H3,(H2,21,22,23);1H. The molecule has 1 aliphatic rings. The number of halogens is 1. The Balaban J connectivity index is 0.00000392. The fraction of sp³-hybridized carbons (Fsp3) is 0.600. The molecule has 0 unspecified atom stereocenters. The van der Waals surface area contributed by atoms with E-state index in [0.29, 0.717) is 24.0 Å². The second kappa shape index (κ2) is 11.3. The molecular weight excluding hydrogens is 471 g/mol. The molecule has 1 aromatic rings. The summed E-state index contributed by atoms with van der Waals surface area (Å²) in [7, 11) is 6.86. The van der Waals surface area contributed by atoms with E-state index in [9.17, 15) is 4.79 Å². The number of rotatable bonds is 7. The second-order valence-corrected chi connectivity index (χ2v) is 7.08. The highest BCUT2D eigenvalue weighted by Crippen LogP contribution is 2.39. The van der Waals surface area contributed by atoms with Gasteiger partial charge in [-0.25, -0.2) is 0 Å². The normalized spacial score (nSPS) is 15.4. The zero-order valence-electron chi connectivity index (χ0n) is 17.5. The number of amides is 1. The van der Waals surface area contributed by atoms with Crippen LogP contribution in [0.3, 0.4) is 0 Å². The number of anilines is 1. The van der Waals surface area contributed by atoms with Crippen molar-refractivity contribution < 1.29 is 14.3 Å². The fourth-order valence-electron chi connectivity index (χ4n) is 3.55. The number of hydrogen-bond donors (Lipinski definition) is 2. The number of nitrogens with zero attached hydrogens (tertiary/aromatic N) is 2. The molecule has 0 radical (unpaired) electrons. The van der Waals surface area contributed by atoms with Gasteiger partial charge in [0.15, 0.2) is 17.5 Å². The first-order valence-electron chi connectivity index (χ1n) is 9.45. The van der Waals surface area contributed by atoms with Crippen molar-refractivity contribution in [2.75, 3.05) is 46.7 Å². The summed E-state index contributed by atoms with van der Waals surface area (Å²) in [5.74, 6) is 2.15. The molecule has 7 nitrogen and oxygen atoms in total. The van der Waals surface area contributed by atoms with Crippen molar-refractivity contribution in [3.05, 3.63) is 18.2 Å². The van der Waals surface area contributed by atoms with E-state index in [0.717, 1.165) is 37.9 Å². The van der Waals surface area contributed by atoms with Crippen LogP contribution in [0.5, 0.6) is 11.5 Å². The molecule has 0 bridgehead atoms. The summed E-state index contributed by atoms with van der Waals surface area (Å²) >= 11 is 0. The molecule has 0 atom stereocenters. The molecule has 158 valence electrons. The van der Waals surface area contributed by atoms with Gasteiger partial charge in [0.25, 0.3) is 0 Å². The average Bonchev–Trinajstić information content (AvgIpc) is 3.15. The van der Waals surface area contributed by atoms with Crippen LogP contribution in [-0.4, -0.2) is 58.2 Å². The van der Waals surface area contributed by atoms with Crippen molar-refractivity contribution in [2.45, 2.75) is 32.6 Å². The second-order valence-electron chi connectivity index (χ2n) is 7.08. The molecule has 1 saturated carbocycles. The Labute approximate surface area is 185 Å². The third kappa shape index (κ3) is 5.89. The zero-order chi connectivity index (χ0) is 19.9. The van der Waals surface area contributed by atoms with Gasteiger partial charge in [-0.15, -0.1) is 24.0 Å². The van der Waals surface area contributed by atoms with Crippen LogP contribution in [0.15, 0.2) is 23.2 Å². The molecule has 1 amide bonds. The molecule has 2 N–H and O–H groups in total. The van der Waals surface area contributed by atoms with Crippen LogP contribution in [0.2, 0.25) is 0 Å². The lowest BCUT2D eigenvalue weighted by molar-refractivity contribution is -0.138. The Morgan fingerprint density at radius 1 is 1.18 bits per heavy atom.